The molecule has 0 spiro atoms. The summed E-state index contributed by atoms with van der Waals surface area (Å²) in [6.07, 6.45) is 1.69. The molecule has 0 aliphatic rings. The van der Waals surface area contributed by atoms with Crippen LogP contribution in [0.25, 0.3) is 0 Å². The third kappa shape index (κ3) is 3.89. The number of nitriles is 1. The van der Waals surface area contributed by atoms with Gasteiger partial charge < -0.3 is 10.6 Å². The Morgan fingerprint density at radius 1 is 1.04 bits per heavy atom. The minimum atomic E-state index is 0.486. The van der Waals surface area contributed by atoms with Gasteiger partial charge in [-0.1, -0.05) is 15.9 Å². The van der Waals surface area contributed by atoms with E-state index in [1.165, 1.54) is 0 Å². The number of rotatable bonds is 4. The first-order chi connectivity index (χ1) is 11.6. The van der Waals surface area contributed by atoms with Gasteiger partial charge >= 0.3 is 0 Å². The molecule has 0 bridgehead atoms. The number of aryl methyl sites for hydroxylation is 1. The van der Waals surface area contributed by atoms with E-state index in [2.05, 4.69) is 42.6 Å². The summed E-state index contributed by atoms with van der Waals surface area (Å²) in [4.78, 5) is 8.68. The normalized spacial score (nSPS) is 10.0. The van der Waals surface area contributed by atoms with Crippen molar-refractivity contribution in [3.8, 4) is 6.07 Å². The molecule has 118 valence electrons. The maximum Gasteiger partial charge on any atom is 0.229 e. The summed E-state index contributed by atoms with van der Waals surface area (Å²) >= 11 is 3.46. The minimum Gasteiger partial charge on any atom is -0.340 e. The van der Waals surface area contributed by atoms with Gasteiger partial charge in [0.05, 0.1) is 11.6 Å². The monoisotopic (exact) mass is 379 g/mol. The molecule has 3 aromatic rings. The fourth-order valence-corrected chi connectivity index (χ4v) is 2.63. The van der Waals surface area contributed by atoms with Crippen molar-refractivity contribution >= 4 is 39.1 Å². The summed E-state index contributed by atoms with van der Waals surface area (Å²) < 4.78 is 1.04. The van der Waals surface area contributed by atoms with Crippen molar-refractivity contribution in [2.75, 3.05) is 10.6 Å². The number of hydrogen-bond donors (Lipinski definition) is 2. The zero-order chi connectivity index (χ0) is 16.9. The summed E-state index contributed by atoms with van der Waals surface area (Å²) in [6, 6.07) is 17.0. The summed E-state index contributed by atoms with van der Waals surface area (Å²) in [7, 11) is 0. The predicted octanol–water partition coefficient (Wildman–Crippen LogP) is 4.91. The molecule has 6 heteroatoms. The molecule has 1 aromatic heterocycles. The lowest BCUT2D eigenvalue weighted by molar-refractivity contribution is 1.16. The number of halogens is 1. The largest absolute Gasteiger partial charge is 0.340 e. The summed E-state index contributed by atoms with van der Waals surface area (Å²) in [5, 5.41) is 15.2. The van der Waals surface area contributed by atoms with Crippen LogP contribution < -0.4 is 10.6 Å². The van der Waals surface area contributed by atoms with Crippen LogP contribution in [-0.4, -0.2) is 9.97 Å². The summed E-state index contributed by atoms with van der Waals surface area (Å²) in [5.41, 5.74) is 3.54. The molecule has 1 heterocycles. The second-order valence-corrected chi connectivity index (χ2v) is 6.08. The molecule has 0 saturated carbocycles. The molecular weight excluding hydrogens is 366 g/mol. The highest BCUT2D eigenvalue weighted by Crippen LogP contribution is 2.23. The van der Waals surface area contributed by atoms with Gasteiger partial charge in [0.25, 0.3) is 0 Å². The second-order valence-electron chi connectivity index (χ2n) is 5.16. The van der Waals surface area contributed by atoms with Gasteiger partial charge in [-0.25, -0.2) is 4.98 Å². The van der Waals surface area contributed by atoms with Crippen molar-refractivity contribution in [3.05, 3.63) is 70.3 Å². The molecular formula is C18H14BrN5. The van der Waals surface area contributed by atoms with Gasteiger partial charge in [0.2, 0.25) is 5.95 Å². The Morgan fingerprint density at radius 3 is 2.54 bits per heavy atom. The summed E-state index contributed by atoms with van der Waals surface area (Å²) in [5.74, 6) is 1.19. The number of hydrogen-bond acceptors (Lipinski definition) is 5. The van der Waals surface area contributed by atoms with Gasteiger partial charge in [-0.15, -0.1) is 0 Å². The molecule has 0 aliphatic heterocycles. The zero-order valence-corrected chi connectivity index (χ0v) is 14.5. The highest BCUT2D eigenvalue weighted by molar-refractivity contribution is 9.10. The van der Waals surface area contributed by atoms with Gasteiger partial charge in [0.15, 0.2) is 0 Å². The lowest BCUT2D eigenvalue weighted by Gasteiger charge is -2.10. The van der Waals surface area contributed by atoms with Crippen LogP contribution in [0.5, 0.6) is 0 Å². The van der Waals surface area contributed by atoms with E-state index in [0.29, 0.717) is 17.3 Å². The topological polar surface area (TPSA) is 73.6 Å². The quantitative estimate of drug-likeness (QED) is 0.673. The Kier molecular flexibility index (Phi) is 4.73. The van der Waals surface area contributed by atoms with Crippen LogP contribution in [0.4, 0.5) is 23.1 Å². The van der Waals surface area contributed by atoms with E-state index in [4.69, 9.17) is 5.26 Å². The van der Waals surface area contributed by atoms with E-state index in [1.54, 1.807) is 18.3 Å². The number of anilines is 4. The molecule has 0 atom stereocenters. The van der Waals surface area contributed by atoms with Crippen molar-refractivity contribution in [2.24, 2.45) is 0 Å². The number of benzene rings is 2. The van der Waals surface area contributed by atoms with Gasteiger partial charge in [-0.2, -0.15) is 10.2 Å². The van der Waals surface area contributed by atoms with E-state index < -0.39 is 0 Å². The fraction of sp³-hybridized carbons (Fsp3) is 0.0556. The lowest BCUT2D eigenvalue weighted by Crippen LogP contribution is -2.01. The lowest BCUT2D eigenvalue weighted by atomic mass is 10.2. The molecule has 2 N–H and O–H groups in total. The molecule has 24 heavy (non-hydrogen) atoms. The van der Waals surface area contributed by atoms with Gasteiger partial charge in [-0.05, 0) is 61.0 Å². The fourth-order valence-electron chi connectivity index (χ4n) is 2.15. The SMILES string of the molecule is Cc1cc(Br)ccc1Nc1ccnc(Nc2ccc(C#N)cc2)n1. The molecule has 0 fully saturated rings. The number of nitrogens with zero attached hydrogens (tertiary/aromatic N) is 3. The first-order valence-electron chi connectivity index (χ1n) is 7.27. The van der Waals surface area contributed by atoms with Crippen LogP contribution in [0.2, 0.25) is 0 Å². The third-order valence-electron chi connectivity index (χ3n) is 3.38. The predicted molar refractivity (Wildman–Crippen MR) is 98.6 cm³/mol. The molecule has 0 radical (unpaired) electrons. The first-order valence-corrected chi connectivity index (χ1v) is 8.07. The smallest absolute Gasteiger partial charge is 0.229 e. The van der Waals surface area contributed by atoms with Crippen molar-refractivity contribution < 1.29 is 0 Å². The second kappa shape index (κ2) is 7.11. The van der Waals surface area contributed by atoms with Crippen molar-refractivity contribution in [3.63, 3.8) is 0 Å². The molecule has 0 aliphatic carbocycles. The van der Waals surface area contributed by atoms with Gasteiger partial charge in [0, 0.05) is 22.0 Å². The Labute approximate surface area is 148 Å². The summed E-state index contributed by atoms with van der Waals surface area (Å²) in [6.45, 7) is 2.03. The number of nitrogens with one attached hydrogen (secondary N) is 2. The molecule has 5 nitrogen and oxygen atoms in total. The average Bonchev–Trinajstić information content (AvgIpc) is 2.58. The Balaban J connectivity index is 1.77. The highest BCUT2D eigenvalue weighted by Gasteiger charge is 2.03. The van der Waals surface area contributed by atoms with E-state index in [1.807, 2.05) is 43.3 Å². The zero-order valence-electron chi connectivity index (χ0n) is 12.9. The maximum atomic E-state index is 8.83. The Hall–Kier alpha value is -2.91. The van der Waals surface area contributed by atoms with E-state index >= 15 is 0 Å². The van der Waals surface area contributed by atoms with E-state index in [9.17, 15) is 0 Å². The Bertz CT molecular complexity index is 900. The van der Waals surface area contributed by atoms with Gasteiger partial charge in [0.1, 0.15) is 5.82 Å². The van der Waals surface area contributed by atoms with Crippen LogP contribution >= 0.6 is 15.9 Å². The molecule has 0 amide bonds. The highest BCUT2D eigenvalue weighted by atomic mass is 79.9. The van der Waals surface area contributed by atoms with Crippen LogP contribution in [0.3, 0.4) is 0 Å². The standard InChI is InChI=1S/C18H14BrN5/c1-12-10-14(19)4-7-16(12)23-17-8-9-21-18(24-17)22-15-5-2-13(11-20)3-6-15/h2-10H,1H3,(H2,21,22,23,24). The van der Waals surface area contributed by atoms with Crippen LogP contribution in [0.15, 0.2) is 59.2 Å². The van der Waals surface area contributed by atoms with Crippen molar-refractivity contribution in [1.82, 2.24) is 9.97 Å². The van der Waals surface area contributed by atoms with Gasteiger partial charge in [-0.3, -0.25) is 0 Å². The third-order valence-corrected chi connectivity index (χ3v) is 3.87. The first kappa shape index (κ1) is 16.0. The maximum absolute atomic E-state index is 8.83. The Morgan fingerprint density at radius 2 is 1.83 bits per heavy atom. The molecule has 2 aromatic carbocycles. The van der Waals surface area contributed by atoms with Crippen LogP contribution in [0, 0.1) is 18.3 Å². The van der Waals surface area contributed by atoms with E-state index in [-0.39, 0.29) is 0 Å². The van der Waals surface area contributed by atoms with Crippen LogP contribution in [0.1, 0.15) is 11.1 Å². The van der Waals surface area contributed by atoms with Crippen molar-refractivity contribution in [1.29, 1.82) is 5.26 Å². The average molecular weight is 380 g/mol. The van der Waals surface area contributed by atoms with Crippen LogP contribution in [-0.2, 0) is 0 Å². The molecule has 0 unspecified atom stereocenters. The number of aromatic nitrogens is 2. The van der Waals surface area contributed by atoms with Crippen molar-refractivity contribution in [2.45, 2.75) is 6.92 Å². The minimum absolute atomic E-state index is 0.486. The van der Waals surface area contributed by atoms with E-state index in [0.717, 1.165) is 21.4 Å². The molecule has 3 rings (SSSR count). The molecule has 0 saturated heterocycles.